The van der Waals surface area contributed by atoms with Crippen LogP contribution in [0.25, 0.3) is 0 Å². The van der Waals surface area contributed by atoms with E-state index in [0.717, 1.165) is 22.9 Å². The van der Waals surface area contributed by atoms with Crippen LogP contribution < -0.4 is 5.32 Å². The highest BCUT2D eigenvalue weighted by atomic mass is 79.9. The van der Waals surface area contributed by atoms with Crippen molar-refractivity contribution in [3.8, 4) is 0 Å². The Morgan fingerprint density at radius 1 is 1.29 bits per heavy atom. The average molecular weight is 450 g/mol. The van der Waals surface area contributed by atoms with Crippen molar-refractivity contribution >= 4 is 33.9 Å². The lowest BCUT2D eigenvalue weighted by Gasteiger charge is -2.46. The molecule has 1 unspecified atom stereocenters. The molecule has 28 heavy (non-hydrogen) atoms. The van der Waals surface area contributed by atoms with Crippen LogP contribution in [0.4, 0.5) is 4.79 Å². The first kappa shape index (κ1) is 20.8. The van der Waals surface area contributed by atoms with Gasteiger partial charge in [0, 0.05) is 11.5 Å². The van der Waals surface area contributed by atoms with Gasteiger partial charge in [0.05, 0.1) is 12.0 Å². The van der Waals surface area contributed by atoms with Gasteiger partial charge in [0.25, 0.3) is 0 Å². The Morgan fingerprint density at radius 2 is 1.96 bits per heavy atom. The molecule has 1 aromatic rings. The number of halogens is 1. The van der Waals surface area contributed by atoms with Crippen LogP contribution in [0.2, 0.25) is 0 Å². The third-order valence-corrected chi connectivity index (χ3v) is 5.57. The lowest BCUT2D eigenvalue weighted by Crippen LogP contribution is -2.54. The number of guanidine groups is 1. The lowest BCUT2D eigenvalue weighted by atomic mass is 9.64. The fourth-order valence-electron chi connectivity index (χ4n) is 4.17. The summed E-state index contributed by atoms with van der Waals surface area (Å²) in [6.07, 6.45) is 1.30. The van der Waals surface area contributed by atoms with Crippen LogP contribution in [0.3, 0.4) is 0 Å². The first-order valence-electron chi connectivity index (χ1n) is 9.46. The van der Waals surface area contributed by atoms with E-state index < -0.39 is 17.2 Å². The van der Waals surface area contributed by atoms with Gasteiger partial charge in [-0.15, -0.1) is 0 Å². The second-order valence-corrected chi connectivity index (χ2v) is 10.5. The number of aliphatic imine (C=N–C) groups is 1. The molecule has 0 saturated carbocycles. The smallest absolute Gasteiger partial charge is 0.414 e. The number of rotatable bonds is 0. The lowest BCUT2D eigenvalue weighted by molar-refractivity contribution is -0.129. The number of nitrogens with zero attached hydrogens (tertiary/aromatic N) is 2. The number of carbonyl (C=O) groups excluding carboxylic acids is 2. The summed E-state index contributed by atoms with van der Waals surface area (Å²) < 4.78 is 6.31. The highest BCUT2D eigenvalue weighted by molar-refractivity contribution is 9.10. The van der Waals surface area contributed by atoms with E-state index in [2.05, 4.69) is 47.2 Å². The standard InChI is InChI=1S/C21H28BrN3O3/c1-19(2,3)28-18(27)23-17-24-21(11-16(26)25(17)6)12-20(4,5)10-13-7-8-14(22)9-15(13)21/h7-9H,10-12H2,1-6H3,(H,23,24,27). The Hall–Kier alpha value is -1.89. The predicted molar refractivity (Wildman–Crippen MR) is 112 cm³/mol. The summed E-state index contributed by atoms with van der Waals surface area (Å²) in [5, 5.41) is 2.68. The number of ether oxygens (including phenoxy) is 1. The molecule has 1 aliphatic heterocycles. The van der Waals surface area contributed by atoms with Crippen molar-refractivity contribution in [3.05, 3.63) is 33.8 Å². The number of nitrogens with one attached hydrogen (secondary N) is 1. The molecule has 2 amide bonds. The molecule has 1 N–H and O–H groups in total. The molecule has 2 aliphatic rings. The summed E-state index contributed by atoms with van der Waals surface area (Å²) in [4.78, 5) is 31.5. The van der Waals surface area contributed by atoms with E-state index in [9.17, 15) is 9.59 Å². The van der Waals surface area contributed by atoms with Crippen molar-refractivity contribution in [2.75, 3.05) is 7.05 Å². The van der Waals surface area contributed by atoms with Crippen LogP contribution in [-0.2, 0) is 21.5 Å². The molecule has 1 atom stereocenters. The van der Waals surface area contributed by atoms with Gasteiger partial charge in [-0.05, 0) is 62.3 Å². The van der Waals surface area contributed by atoms with E-state index in [4.69, 9.17) is 9.73 Å². The molecule has 1 aromatic carbocycles. The van der Waals surface area contributed by atoms with E-state index in [1.807, 2.05) is 6.07 Å². The van der Waals surface area contributed by atoms with Crippen LogP contribution in [0.1, 0.15) is 58.6 Å². The molecule has 6 nitrogen and oxygen atoms in total. The zero-order chi connectivity index (χ0) is 20.9. The second kappa shape index (κ2) is 6.87. The molecule has 0 saturated heterocycles. The third kappa shape index (κ3) is 4.24. The number of fused-ring (bicyclic) bond motifs is 2. The molecule has 0 radical (unpaired) electrons. The summed E-state index contributed by atoms with van der Waals surface area (Å²) in [7, 11) is 1.63. The number of benzene rings is 1. The molecule has 0 fully saturated rings. The number of hydrogen-bond donors (Lipinski definition) is 1. The molecule has 0 bridgehead atoms. The van der Waals surface area contributed by atoms with Crippen molar-refractivity contribution in [2.45, 2.75) is 65.0 Å². The van der Waals surface area contributed by atoms with E-state index in [1.54, 1.807) is 27.8 Å². The molecule has 1 aliphatic carbocycles. The van der Waals surface area contributed by atoms with Gasteiger partial charge in [-0.1, -0.05) is 35.8 Å². The van der Waals surface area contributed by atoms with Crippen LogP contribution >= 0.6 is 15.9 Å². The van der Waals surface area contributed by atoms with Crippen LogP contribution in [0.5, 0.6) is 0 Å². The average Bonchev–Trinajstić information content (AvgIpc) is 2.50. The third-order valence-electron chi connectivity index (χ3n) is 5.08. The van der Waals surface area contributed by atoms with Gasteiger partial charge < -0.3 is 4.74 Å². The Balaban J connectivity index is 2.07. The molecule has 7 heteroatoms. The largest absolute Gasteiger partial charge is 0.444 e. The topological polar surface area (TPSA) is 71.0 Å². The first-order valence-corrected chi connectivity index (χ1v) is 10.2. The van der Waals surface area contributed by atoms with Crippen LogP contribution in [-0.4, -0.2) is 35.5 Å². The van der Waals surface area contributed by atoms with E-state index in [0.29, 0.717) is 0 Å². The minimum absolute atomic E-state index is 0.0163. The van der Waals surface area contributed by atoms with E-state index in [-0.39, 0.29) is 23.7 Å². The molecule has 3 rings (SSSR count). The molecule has 0 aromatic heterocycles. The quantitative estimate of drug-likeness (QED) is 0.639. The van der Waals surface area contributed by atoms with E-state index >= 15 is 0 Å². The molecule has 1 heterocycles. The van der Waals surface area contributed by atoms with Crippen LogP contribution in [0.15, 0.2) is 27.7 Å². The van der Waals surface area contributed by atoms with Crippen molar-refractivity contribution in [1.29, 1.82) is 0 Å². The van der Waals surface area contributed by atoms with Gasteiger partial charge in [-0.2, -0.15) is 0 Å². The van der Waals surface area contributed by atoms with Gasteiger partial charge in [0.2, 0.25) is 11.9 Å². The molecular weight excluding hydrogens is 422 g/mol. The zero-order valence-corrected chi connectivity index (χ0v) is 18.9. The number of alkyl carbamates (subject to hydrolysis) is 1. The van der Waals surface area contributed by atoms with Crippen molar-refractivity contribution in [2.24, 2.45) is 10.4 Å². The number of hydrogen-bond acceptors (Lipinski definition) is 4. The molecular formula is C21H28BrN3O3. The van der Waals surface area contributed by atoms with Gasteiger partial charge in [-0.25, -0.2) is 9.79 Å². The van der Waals surface area contributed by atoms with Crippen molar-refractivity contribution in [3.63, 3.8) is 0 Å². The summed E-state index contributed by atoms with van der Waals surface area (Å²) >= 11 is 3.55. The van der Waals surface area contributed by atoms with Crippen molar-refractivity contribution in [1.82, 2.24) is 10.2 Å². The van der Waals surface area contributed by atoms with Gasteiger partial charge in [-0.3, -0.25) is 15.0 Å². The maximum Gasteiger partial charge on any atom is 0.414 e. The Bertz CT molecular complexity index is 857. The minimum Gasteiger partial charge on any atom is -0.444 e. The maximum absolute atomic E-state index is 12.9. The number of amides is 2. The SMILES string of the molecule is CN1C(=O)CC2(CC(C)(C)Cc3ccc(Br)cc32)N=C1NC(=O)OC(C)(C)C. The van der Waals surface area contributed by atoms with Crippen LogP contribution in [0, 0.1) is 5.41 Å². The Morgan fingerprint density at radius 3 is 2.61 bits per heavy atom. The van der Waals surface area contributed by atoms with Crippen molar-refractivity contribution < 1.29 is 14.3 Å². The second-order valence-electron chi connectivity index (χ2n) is 9.54. The minimum atomic E-state index is -0.700. The zero-order valence-electron chi connectivity index (χ0n) is 17.4. The predicted octanol–water partition coefficient (Wildman–Crippen LogP) is 4.36. The fourth-order valence-corrected chi connectivity index (χ4v) is 4.53. The first-order chi connectivity index (χ1) is 12.8. The van der Waals surface area contributed by atoms with Gasteiger partial charge >= 0.3 is 6.09 Å². The van der Waals surface area contributed by atoms with E-state index in [1.165, 1.54) is 10.5 Å². The Labute approximate surface area is 174 Å². The number of carbonyl (C=O) groups is 2. The maximum atomic E-state index is 12.9. The fraction of sp³-hybridized carbons (Fsp3) is 0.571. The summed E-state index contributed by atoms with van der Waals surface area (Å²) in [5.41, 5.74) is 0.888. The summed E-state index contributed by atoms with van der Waals surface area (Å²) in [6.45, 7) is 9.77. The Kier molecular flexibility index (Phi) is 5.11. The monoisotopic (exact) mass is 449 g/mol. The summed E-state index contributed by atoms with van der Waals surface area (Å²) in [5.74, 6) is 0.152. The highest BCUT2D eigenvalue weighted by Crippen LogP contribution is 2.50. The van der Waals surface area contributed by atoms with Gasteiger partial charge in [0.1, 0.15) is 5.60 Å². The normalized spacial score (nSPS) is 23.9. The highest BCUT2D eigenvalue weighted by Gasteiger charge is 2.48. The summed E-state index contributed by atoms with van der Waals surface area (Å²) in [6, 6.07) is 6.17. The van der Waals surface area contributed by atoms with Gasteiger partial charge in [0.15, 0.2) is 0 Å². The molecule has 152 valence electrons. The molecule has 1 spiro atoms.